The van der Waals surface area contributed by atoms with Gasteiger partial charge in [0.15, 0.2) is 11.6 Å². The molecule has 1 atom stereocenters. The van der Waals surface area contributed by atoms with Gasteiger partial charge in [-0.3, -0.25) is 0 Å². The van der Waals surface area contributed by atoms with E-state index in [1.807, 2.05) is 33.8 Å². The van der Waals surface area contributed by atoms with E-state index in [1.165, 1.54) is 13.2 Å². The molecule has 1 fully saturated rings. The van der Waals surface area contributed by atoms with Crippen LogP contribution in [0.3, 0.4) is 0 Å². The second kappa shape index (κ2) is 12.1. The number of benzene rings is 1. The Hall–Kier alpha value is -3.27. The largest absolute Gasteiger partial charge is 0.494 e. The molecule has 2 aliphatic rings. The number of ether oxygens (including phenoxy) is 2. The molecular weight excluding hydrogens is 489 g/mol. The van der Waals surface area contributed by atoms with Gasteiger partial charge in [-0.15, -0.1) is 0 Å². The van der Waals surface area contributed by atoms with Gasteiger partial charge in [0.05, 0.1) is 18.5 Å². The SMILES string of the molecule is COc1cc(CNCc2cc(C3=NOC(C4CCC(NC(=O)OC(C)(C)C)CC4)C3)nc(C)n2)ccc1F. The van der Waals surface area contributed by atoms with Crippen molar-refractivity contribution >= 4 is 11.8 Å². The van der Waals surface area contributed by atoms with Gasteiger partial charge in [0.1, 0.15) is 23.2 Å². The molecule has 2 aromatic rings. The molecule has 10 heteroatoms. The Balaban J connectivity index is 1.27. The molecule has 1 amide bonds. The first-order chi connectivity index (χ1) is 18.1. The lowest BCUT2D eigenvalue weighted by atomic mass is 9.81. The topological polar surface area (TPSA) is 107 Å². The highest BCUT2D eigenvalue weighted by Crippen LogP contribution is 2.33. The number of carbonyl (C=O) groups is 1. The first-order valence-electron chi connectivity index (χ1n) is 13.2. The van der Waals surface area contributed by atoms with Crippen molar-refractivity contribution in [2.24, 2.45) is 11.1 Å². The molecule has 1 aromatic carbocycles. The second-order valence-electron chi connectivity index (χ2n) is 11.0. The van der Waals surface area contributed by atoms with Crippen molar-refractivity contribution in [3.63, 3.8) is 0 Å². The number of rotatable bonds is 8. The molecule has 1 aliphatic carbocycles. The third-order valence-electron chi connectivity index (χ3n) is 6.75. The number of halogens is 1. The summed E-state index contributed by atoms with van der Waals surface area (Å²) in [5.74, 6) is 0.897. The highest BCUT2D eigenvalue weighted by atomic mass is 19.1. The lowest BCUT2D eigenvalue weighted by molar-refractivity contribution is 0.0207. The summed E-state index contributed by atoms with van der Waals surface area (Å²) in [7, 11) is 1.45. The first-order valence-corrected chi connectivity index (χ1v) is 13.2. The number of nitrogens with zero attached hydrogens (tertiary/aromatic N) is 3. The summed E-state index contributed by atoms with van der Waals surface area (Å²) in [6.07, 6.45) is 4.06. The fraction of sp³-hybridized carbons (Fsp3) is 0.571. The van der Waals surface area contributed by atoms with Crippen LogP contribution in [0.5, 0.6) is 5.75 Å². The molecule has 38 heavy (non-hydrogen) atoms. The monoisotopic (exact) mass is 527 g/mol. The number of amides is 1. The first kappa shape index (κ1) is 27.8. The van der Waals surface area contributed by atoms with Gasteiger partial charge in [0.25, 0.3) is 0 Å². The molecule has 2 N–H and O–H groups in total. The maximum absolute atomic E-state index is 13.6. The predicted molar refractivity (Wildman–Crippen MR) is 141 cm³/mol. The molecule has 4 rings (SSSR count). The fourth-order valence-corrected chi connectivity index (χ4v) is 4.93. The van der Waals surface area contributed by atoms with Gasteiger partial charge >= 0.3 is 6.09 Å². The van der Waals surface area contributed by atoms with Crippen molar-refractivity contribution in [2.75, 3.05) is 7.11 Å². The van der Waals surface area contributed by atoms with Crippen molar-refractivity contribution in [1.29, 1.82) is 0 Å². The van der Waals surface area contributed by atoms with E-state index in [4.69, 9.17) is 14.3 Å². The molecule has 1 aliphatic heterocycles. The summed E-state index contributed by atoms with van der Waals surface area (Å²) in [5, 5.41) is 10.7. The van der Waals surface area contributed by atoms with E-state index in [-0.39, 0.29) is 29.8 Å². The van der Waals surface area contributed by atoms with E-state index in [9.17, 15) is 9.18 Å². The van der Waals surface area contributed by atoms with Gasteiger partial charge in [-0.05, 0) is 83.1 Å². The zero-order valence-corrected chi connectivity index (χ0v) is 22.8. The van der Waals surface area contributed by atoms with Crippen LogP contribution in [0.4, 0.5) is 9.18 Å². The molecule has 9 nitrogen and oxygen atoms in total. The number of carbonyl (C=O) groups excluding carboxylic acids is 1. The molecule has 1 aromatic heterocycles. The van der Waals surface area contributed by atoms with Gasteiger partial charge < -0.3 is 24.9 Å². The molecule has 206 valence electrons. The van der Waals surface area contributed by atoms with E-state index in [0.29, 0.717) is 31.3 Å². The molecule has 0 saturated heterocycles. The molecular formula is C28H38FN5O4. The maximum atomic E-state index is 13.6. The zero-order valence-electron chi connectivity index (χ0n) is 22.8. The van der Waals surface area contributed by atoms with E-state index < -0.39 is 5.60 Å². The standard InChI is InChI=1S/C28H38FN5O4/c1-17-31-21(16-30-15-18-6-11-22(29)26(12-18)36-5)13-23(32-17)24-14-25(38-34-24)19-7-9-20(10-8-19)33-27(35)37-28(2,3)4/h6,11-13,19-20,25,30H,7-10,14-16H2,1-5H3,(H,33,35). The molecule has 2 heterocycles. The Bertz CT molecular complexity index is 1160. The summed E-state index contributed by atoms with van der Waals surface area (Å²) >= 11 is 0. The average Bonchev–Trinajstić information content (AvgIpc) is 3.34. The molecule has 0 bridgehead atoms. The van der Waals surface area contributed by atoms with Crippen LogP contribution in [-0.4, -0.2) is 46.6 Å². The summed E-state index contributed by atoms with van der Waals surface area (Å²) in [6.45, 7) is 8.54. The van der Waals surface area contributed by atoms with Gasteiger partial charge in [-0.25, -0.2) is 19.2 Å². The molecule has 1 saturated carbocycles. The lowest BCUT2D eigenvalue weighted by Crippen LogP contribution is -2.42. The van der Waals surface area contributed by atoms with Gasteiger partial charge in [0.2, 0.25) is 0 Å². The van der Waals surface area contributed by atoms with Crippen molar-refractivity contribution in [3.8, 4) is 5.75 Å². The fourth-order valence-electron chi connectivity index (χ4n) is 4.93. The number of hydrogen-bond donors (Lipinski definition) is 2. The highest BCUT2D eigenvalue weighted by molar-refractivity contribution is 5.99. The third kappa shape index (κ3) is 7.63. The van der Waals surface area contributed by atoms with Crippen LogP contribution in [0, 0.1) is 18.7 Å². The molecule has 1 unspecified atom stereocenters. The smallest absolute Gasteiger partial charge is 0.407 e. The maximum Gasteiger partial charge on any atom is 0.407 e. The molecule has 0 spiro atoms. The van der Waals surface area contributed by atoms with Crippen LogP contribution in [-0.2, 0) is 22.7 Å². The van der Waals surface area contributed by atoms with Gasteiger partial charge in [-0.1, -0.05) is 11.2 Å². The van der Waals surface area contributed by atoms with Crippen LogP contribution in [0.2, 0.25) is 0 Å². The minimum Gasteiger partial charge on any atom is -0.494 e. The lowest BCUT2D eigenvalue weighted by Gasteiger charge is -2.31. The van der Waals surface area contributed by atoms with E-state index in [2.05, 4.69) is 25.8 Å². The number of methoxy groups -OCH3 is 1. The van der Waals surface area contributed by atoms with E-state index in [0.717, 1.165) is 48.3 Å². The summed E-state index contributed by atoms with van der Waals surface area (Å²) < 4.78 is 24.1. The van der Waals surface area contributed by atoms with Crippen LogP contribution in [0.25, 0.3) is 0 Å². The number of oxime groups is 1. The van der Waals surface area contributed by atoms with E-state index in [1.54, 1.807) is 12.1 Å². The van der Waals surface area contributed by atoms with Crippen molar-refractivity contribution in [1.82, 2.24) is 20.6 Å². The Morgan fingerprint density at radius 3 is 2.61 bits per heavy atom. The van der Waals surface area contributed by atoms with E-state index >= 15 is 0 Å². The Kier molecular flexibility index (Phi) is 8.81. The second-order valence-corrected chi connectivity index (χ2v) is 11.0. The van der Waals surface area contributed by atoms with Gasteiger partial charge in [-0.2, -0.15) is 0 Å². The number of nitrogens with one attached hydrogen (secondary N) is 2. The zero-order chi connectivity index (χ0) is 27.3. The number of aryl methyl sites for hydroxylation is 1. The minimum absolute atomic E-state index is 0.0118. The highest BCUT2D eigenvalue weighted by Gasteiger charge is 2.34. The normalized spacial score (nSPS) is 21.4. The number of hydrogen-bond acceptors (Lipinski definition) is 8. The Morgan fingerprint density at radius 1 is 1.13 bits per heavy atom. The summed E-state index contributed by atoms with van der Waals surface area (Å²) in [6, 6.07) is 6.88. The minimum atomic E-state index is -0.501. The van der Waals surface area contributed by atoms with Crippen LogP contribution < -0.4 is 15.4 Å². The van der Waals surface area contributed by atoms with Crippen molar-refractivity contribution < 1.29 is 23.5 Å². The quantitative estimate of drug-likeness (QED) is 0.508. The van der Waals surface area contributed by atoms with Crippen LogP contribution in [0.15, 0.2) is 29.4 Å². The summed E-state index contributed by atoms with van der Waals surface area (Å²) in [4.78, 5) is 27.1. The Labute approximate surface area is 223 Å². The summed E-state index contributed by atoms with van der Waals surface area (Å²) in [5.41, 5.74) is 2.88. The number of aromatic nitrogens is 2. The van der Waals surface area contributed by atoms with Crippen LogP contribution in [0.1, 0.15) is 75.7 Å². The van der Waals surface area contributed by atoms with Crippen LogP contribution >= 0.6 is 0 Å². The van der Waals surface area contributed by atoms with Crippen molar-refractivity contribution in [2.45, 2.75) is 90.6 Å². The Morgan fingerprint density at radius 2 is 1.89 bits per heavy atom. The molecule has 0 radical (unpaired) electrons. The average molecular weight is 528 g/mol. The number of alkyl carbamates (subject to hydrolysis) is 1. The predicted octanol–water partition coefficient (Wildman–Crippen LogP) is 4.80. The van der Waals surface area contributed by atoms with Gasteiger partial charge in [0, 0.05) is 25.6 Å². The third-order valence-corrected chi connectivity index (χ3v) is 6.75. The van der Waals surface area contributed by atoms with Crippen molar-refractivity contribution in [3.05, 3.63) is 52.9 Å².